The summed E-state index contributed by atoms with van der Waals surface area (Å²) in [4.78, 5) is 72.8. The minimum atomic E-state index is -4.99. The molecule has 3 saturated heterocycles. The molecular formula is C30H41N13O15P2. The summed E-state index contributed by atoms with van der Waals surface area (Å²) in [5, 5.41) is 21.4. The third-order valence-corrected chi connectivity index (χ3v) is 12.0. The quantitative estimate of drug-likeness (QED) is 0.0597. The number of hydrogen-bond donors (Lipinski definition) is 9. The van der Waals surface area contributed by atoms with Gasteiger partial charge in [0, 0.05) is 25.5 Å². The number of nitrogens with one attached hydrogen (secondary N) is 2. The van der Waals surface area contributed by atoms with Crippen molar-refractivity contribution in [2.45, 2.75) is 87.8 Å². The molecule has 326 valence electrons. The van der Waals surface area contributed by atoms with Crippen molar-refractivity contribution < 1.29 is 61.4 Å². The van der Waals surface area contributed by atoms with Gasteiger partial charge in [0.1, 0.15) is 54.8 Å². The fraction of sp³-hybridized carbons (Fsp3) is 0.567. The van der Waals surface area contributed by atoms with Gasteiger partial charge in [-0.25, -0.2) is 29.1 Å². The lowest BCUT2D eigenvalue weighted by atomic mass is 10.2. The highest BCUT2D eigenvalue weighted by Gasteiger charge is 2.46. The number of aromatic nitrogens is 8. The van der Waals surface area contributed by atoms with Gasteiger partial charge >= 0.3 is 15.6 Å². The average Bonchev–Trinajstić information content (AvgIpc) is 4.00. The van der Waals surface area contributed by atoms with Gasteiger partial charge in [0.15, 0.2) is 28.6 Å². The molecule has 0 saturated carbocycles. The van der Waals surface area contributed by atoms with Gasteiger partial charge in [-0.05, 0) is 13.0 Å². The van der Waals surface area contributed by atoms with Gasteiger partial charge < -0.3 is 55.6 Å². The molecule has 0 aromatic carbocycles. The molecule has 8 heterocycles. The highest BCUT2D eigenvalue weighted by atomic mass is 31.2. The molecule has 4 aliphatic heterocycles. The number of amidine groups is 1. The summed E-state index contributed by atoms with van der Waals surface area (Å²) < 4.78 is 68.1. The van der Waals surface area contributed by atoms with Crippen LogP contribution in [0.2, 0.25) is 0 Å². The number of nitrogens with two attached hydrogens (primary N) is 3. The topological polar surface area (TPSA) is 400 Å². The molecule has 0 radical (unpaired) electrons. The minimum absolute atomic E-state index is 0.00452. The summed E-state index contributed by atoms with van der Waals surface area (Å²) >= 11 is 0. The Morgan fingerprint density at radius 3 is 1.93 bits per heavy atom. The number of hydrogen-bond acceptors (Lipinski definition) is 22. The number of aryl methyl sites for hydroxylation is 1. The van der Waals surface area contributed by atoms with E-state index in [1.807, 2.05) is 0 Å². The van der Waals surface area contributed by atoms with Crippen LogP contribution < -0.4 is 28.3 Å². The normalized spacial score (nSPS) is 31.6. The molecule has 6 unspecified atom stereocenters. The Labute approximate surface area is 336 Å². The van der Waals surface area contributed by atoms with Gasteiger partial charge in [0.25, 0.3) is 11.1 Å². The third-order valence-electron chi connectivity index (χ3n) is 10.0. The second-order valence-electron chi connectivity index (χ2n) is 14.2. The zero-order chi connectivity index (χ0) is 42.7. The van der Waals surface area contributed by atoms with Crippen LogP contribution >= 0.6 is 15.6 Å². The van der Waals surface area contributed by atoms with E-state index >= 15 is 0 Å². The maximum Gasteiger partial charge on any atom is 0.472 e. The molecule has 0 spiro atoms. The Balaban J connectivity index is 0.890. The summed E-state index contributed by atoms with van der Waals surface area (Å²) in [5.74, 6) is 0.297. The van der Waals surface area contributed by atoms with E-state index in [4.69, 9.17) is 49.5 Å². The number of aliphatic hydroxyl groups is 2. The van der Waals surface area contributed by atoms with Crippen molar-refractivity contribution in [1.29, 1.82) is 0 Å². The number of H-pyrrole nitrogens is 2. The number of nitrogens with zero attached hydrogens (tertiary/aromatic N) is 8. The predicted octanol–water partition coefficient (Wildman–Crippen LogP) is -2.38. The first-order chi connectivity index (χ1) is 28.4. The van der Waals surface area contributed by atoms with Crippen molar-refractivity contribution in [3.05, 3.63) is 51.5 Å². The number of aliphatic hydroxyl groups excluding tert-OH is 2. The van der Waals surface area contributed by atoms with Crippen molar-refractivity contribution in [1.82, 2.24) is 43.9 Å². The summed E-state index contributed by atoms with van der Waals surface area (Å²) in [6.07, 6.45) is -5.67. The molecule has 0 amide bonds. The Morgan fingerprint density at radius 1 is 0.800 bits per heavy atom. The number of rotatable bonds is 14. The number of fused-ring (bicyclic) bond motifs is 2. The van der Waals surface area contributed by atoms with E-state index in [-0.39, 0.29) is 53.4 Å². The number of phosphoric acid groups is 2. The number of imidazole rings is 2. The largest absolute Gasteiger partial charge is 0.472 e. The first kappa shape index (κ1) is 42.2. The number of phosphoric ester groups is 2. The average molecular weight is 886 g/mol. The smallest absolute Gasteiger partial charge is 0.390 e. The number of aliphatic imine (C=N–C) groups is 1. The van der Waals surface area contributed by atoms with Crippen LogP contribution in [0.3, 0.4) is 0 Å². The lowest BCUT2D eigenvalue weighted by Crippen LogP contribution is -2.46. The molecule has 4 aromatic rings. The summed E-state index contributed by atoms with van der Waals surface area (Å²) in [6.45, 7) is -0.387. The van der Waals surface area contributed by atoms with Crippen molar-refractivity contribution in [2.75, 3.05) is 25.6 Å². The second kappa shape index (κ2) is 16.4. The predicted molar refractivity (Wildman–Crippen MR) is 201 cm³/mol. The number of aromatic amines is 2. The van der Waals surface area contributed by atoms with E-state index in [1.54, 1.807) is 6.92 Å². The first-order valence-corrected chi connectivity index (χ1v) is 21.2. The standard InChI is InChI=1S/C30H41N13O15P2/c1-12-36-25-23(27(46)37-12)34-10-42(25)20-4-14(45)17(56-20)8-54-60(50,51)58-15-6-22(41-3-2-19(31)38-30(41)33)57-18(15)9-53-59(48,49)52-7-16-13(44)5-21(55-16)43-11-35-24-26(43)39-29(32)40-28(24)47/h2-3,10-11,13-18,20-22,30,44-45H,4-9,33H2,1H3,(H2,31,38)(H,48,49)(H,50,51)(H,36,37,46)(H3,32,39,40,47)/t13?,14?,15?,16-,17-,18-,20-,21-,22-,30?/m1/s1. The molecule has 0 aliphatic carbocycles. The molecule has 3 fully saturated rings. The van der Waals surface area contributed by atoms with Crippen LogP contribution in [0.25, 0.3) is 22.3 Å². The highest BCUT2D eigenvalue weighted by Crippen LogP contribution is 2.50. The summed E-state index contributed by atoms with van der Waals surface area (Å²) in [7, 11) is -9.93. The van der Waals surface area contributed by atoms with Crippen LogP contribution in [0.15, 0.2) is 39.5 Å². The van der Waals surface area contributed by atoms with Crippen molar-refractivity contribution in [2.24, 2.45) is 16.5 Å². The van der Waals surface area contributed by atoms with E-state index in [1.165, 1.54) is 39.0 Å². The van der Waals surface area contributed by atoms with Gasteiger partial charge in [0.05, 0.1) is 44.7 Å². The molecule has 30 heteroatoms. The molecule has 28 nitrogen and oxygen atoms in total. The van der Waals surface area contributed by atoms with Crippen molar-refractivity contribution in [3.8, 4) is 0 Å². The van der Waals surface area contributed by atoms with E-state index in [9.17, 15) is 38.7 Å². The lowest BCUT2D eigenvalue weighted by molar-refractivity contribution is -0.0777. The Hall–Kier alpha value is -4.51. The first-order valence-electron chi connectivity index (χ1n) is 18.2. The maximum absolute atomic E-state index is 13.4. The molecule has 8 rings (SSSR count). The van der Waals surface area contributed by atoms with Crippen LogP contribution in [-0.2, 0) is 41.4 Å². The van der Waals surface area contributed by atoms with Gasteiger partial charge in [0.2, 0.25) is 5.95 Å². The van der Waals surface area contributed by atoms with Gasteiger partial charge in [-0.1, -0.05) is 0 Å². The lowest BCUT2D eigenvalue weighted by Gasteiger charge is -2.32. The molecular weight excluding hydrogens is 844 g/mol. The van der Waals surface area contributed by atoms with E-state index < -0.39 is 108 Å². The molecule has 4 aliphatic rings. The molecule has 12 N–H and O–H groups in total. The van der Waals surface area contributed by atoms with Crippen LogP contribution in [0.4, 0.5) is 5.95 Å². The number of nitrogen functional groups attached to an aromatic ring is 1. The maximum atomic E-state index is 13.4. The SMILES string of the molecule is Cc1nc2c(ncn2[C@H]2CC(O)[C@@H](COP(=O)(O)OC3C[C@H](N4C=CC(N)=NC4N)O[C@@H]3COP(=O)(O)OC[C@H]3O[C@@H](n4cnc5c(=O)[nH]c(N)nc54)CC3O)O2)c(=O)[nH]1. The Kier molecular flexibility index (Phi) is 11.5. The zero-order valence-electron chi connectivity index (χ0n) is 31.3. The molecule has 0 bridgehead atoms. The van der Waals surface area contributed by atoms with E-state index in [0.717, 1.165) is 0 Å². The Bertz CT molecular complexity index is 2530. The van der Waals surface area contributed by atoms with E-state index in [2.05, 4.69) is 34.9 Å². The van der Waals surface area contributed by atoms with Crippen LogP contribution in [0, 0.1) is 6.92 Å². The van der Waals surface area contributed by atoms with Crippen LogP contribution in [-0.4, -0.2) is 139 Å². The third kappa shape index (κ3) is 8.79. The summed E-state index contributed by atoms with van der Waals surface area (Å²) in [6, 6.07) is 0. The van der Waals surface area contributed by atoms with Crippen LogP contribution in [0.1, 0.15) is 37.5 Å². The van der Waals surface area contributed by atoms with Gasteiger partial charge in [-0.2, -0.15) is 4.98 Å². The van der Waals surface area contributed by atoms with Gasteiger partial charge in [-0.3, -0.25) is 47.5 Å². The Morgan fingerprint density at radius 2 is 1.33 bits per heavy atom. The van der Waals surface area contributed by atoms with Gasteiger partial charge in [-0.15, -0.1) is 0 Å². The van der Waals surface area contributed by atoms with E-state index in [0.29, 0.717) is 5.82 Å². The monoisotopic (exact) mass is 885 g/mol. The molecule has 12 atom stereocenters. The summed E-state index contributed by atoms with van der Waals surface area (Å²) in [5.41, 5.74) is 16.8. The van der Waals surface area contributed by atoms with Crippen molar-refractivity contribution in [3.63, 3.8) is 0 Å². The minimum Gasteiger partial charge on any atom is -0.390 e. The number of ether oxygens (including phenoxy) is 3. The second-order valence-corrected chi connectivity index (χ2v) is 17.0. The fourth-order valence-corrected chi connectivity index (χ4v) is 8.84. The zero-order valence-corrected chi connectivity index (χ0v) is 33.1. The fourth-order valence-electron chi connectivity index (χ4n) is 7.14. The molecule has 4 aromatic heterocycles. The highest BCUT2D eigenvalue weighted by molar-refractivity contribution is 7.47. The van der Waals surface area contributed by atoms with Crippen LogP contribution in [0.5, 0.6) is 0 Å². The van der Waals surface area contributed by atoms with Crippen molar-refractivity contribution >= 4 is 49.8 Å². The molecule has 60 heavy (non-hydrogen) atoms. The number of anilines is 1.